The molecule has 18 heavy (non-hydrogen) atoms. The summed E-state index contributed by atoms with van der Waals surface area (Å²) in [6, 6.07) is 5.80. The van der Waals surface area contributed by atoms with Crippen molar-refractivity contribution in [1.82, 2.24) is 0 Å². The molecule has 0 spiro atoms. The van der Waals surface area contributed by atoms with Gasteiger partial charge in [0, 0.05) is 17.8 Å². The van der Waals surface area contributed by atoms with E-state index in [4.69, 9.17) is 0 Å². The topological polar surface area (TPSA) is 75.8 Å². The molecule has 6 nitrogen and oxygen atoms in total. The molecule has 0 saturated carbocycles. The maximum atomic E-state index is 12.0. The number of non-ortho nitro benzene ring substituents is 1. The molecule has 1 atom stereocenters. The maximum Gasteiger partial charge on any atom is 0.269 e. The van der Waals surface area contributed by atoms with E-state index in [0.29, 0.717) is 12.1 Å². The minimum absolute atomic E-state index is 0.00172. The number of hydrogen-bond donors (Lipinski definition) is 0. The molecule has 6 heteroatoms. The zero-order chi connectivity index (χ0) is 13.3. The average Bonchev–Trinajstić information content (AvgIpc) is 2.64. The number of hydrogen-bond acceptors (Lipinski definition) is 4. The minimum Gasteiger partial charge on any atom is -0.272 e. The van der Waals surface area contributed by atoms with Crippen molar-refractivity contribution in [3.63, 3.8) is 0 Å². The molecule has 0 radical (unpaired) electrons. The first-order valence-corrected chi connectivity index (χ1v) is 5.68. The fraction of sp³-hybridized carbons (Fsp3) is 0.333. The molecule has 0 fully saturated rings. The van der Waals surface area contributed by atoms with Crippen LogP contribution in [0.2, 0.25) is 0 Å². The van der Waals surface area contributed by atoms with Gasteiger partial charge in [0.15, 0.2) is 0 Å². The fourth-order valence-corrected chi connectivity index (χ4v) is 1.97. The SMILES string of the molecule is CCC1C(=O)N(c2ccc([N+](=O)[O-])cc2)N=C1C. The third kappa shape index (κ3) is 1.97. The van der Waals surface area contributed by atoms with Crippen molar-refractivity contribution in [2.75, 3.05) is 5.01 Å². The summed E-state index contributed by atoms with van der Waals surface area (Å²) in [4.78, 5) is 22.1. The molecular formula is C12H13N3O3. The summed E-state index contributed by atoms with van der Waals surface area (Å²) in [6.07, 6.45) is 0.706. The summed E-state index contributed by atoms with van der Waals surface area (Å²) < 4.78 is 0. The van der Waals surface area contributed by atoms with Crippen LogP contribution in [0.4, 0.5) is 11.4 Å². The summed E-state index contributed by atoms with van der Waals surface area (Å²) in [5.41, 5.74) is 1.33. The standard InChI is InChI=1S/C12H13N3O3/c1-3-11-8(2)13-14(12(11)16)9-4-6-10(7-5-9)15(17)18/h4-7,11H,3H2,1-2H3. The van der Waals surface area contributed by atoms with Crippen LogP contribution >= 0.6 is 0 Å². The van der Waals surface area contributed by atoms with Crippen LogP contribution in [0, 0.1) is 16.0 Å². The van der Waals surface area contributed by atoms with Gasteiger partial charge in [-0.25, -0.2) is 5.01 Å². The number of anilines is 1. The van der Waals surface area contributed by atoms with Crippen molar-refractivity contribution in [3.05, 3.63) is 34.4 Å². The lowest BCUT2D eigenvalue weighted by Gasteiger charge is -2.13. The smallest absolute Gasteiger partial charge is 0.269 e. The van der Waals surface area contributed by atoms with Gasteiger partial charge in [0.1, 0.15) is 0 Å². The number of rotatable bonds is 3. The maximum absolute atomic E-state index is 12.0. The van der Waals surface area contributed by atoms with Gasteiger partial charge in [0.2, 0.25) is 0 Å². The third-order valence-corrected chi connectivity index (χ3v) is 2.98. The highest BCUT2D eigenvalue weighted by molar-refractivity contribution is 6.14. The second-order valence-corrected chi connectivity index (χ2v) is 4.13. The highest BCUT2D eigenvalue weighted by atomic mass is 16.6. The van der Waals surface area contributed by atoms with Crippen molar-refractivity contribution in [3.8, 4) is 0 Å². The normalized spacial score (nSPS) is 19.0. The Labute approximate surface area is 104 Å². The molecule has 0 aromatic heterocycles. The Kier molecular flexibility index (Phi) is 3.10. The Morgan fingerprint density at radius 1 is 1.39 bits per heavy atom. The molecule has 94 valence electrons. The van der Waals surface area contributed by atoms with E-state index in [2.05, 4.69) is 5.10 Å². The predicted octanol–water partition coefficient (Wildman–Crippen LogP) is 2.34. The van der Waals surface area contributed by atoms with E-state index < -0.39 is 4.92 Å². The summed E-state index contributed by atoms with van der Waals surface area (Å²) >= 11 is 0. The average molecular weight is 247 g/mol. The number of nitro benzene ring substituents is 1. The first kappa shape index (κ1) is 12.2. The quantitative estimate of drug-likeness (QED) is 0.607. The lowest BCUT2D eigenvalue weighted by atomic mass is 10.0. The van der Waals surface area contributed by atoms with Crippen LogP contribution in [0.25, 0.3) is 0 Å². The van der Waals surface area contributed by atoms with Crippen LogP contribution in [-0.4, -0.2) is 16.5 Å². The summed E-state index contributed by atoms with van der Waals surface area (Å²) in [6.45, 7) is 3.75. The van der Waals surface area contributed by atoms with Gasteiger partial charge in [-0.15, -0.1) is 0 Å². The highest BCUT2D eigenvalue weighted by Crippen LogP contribution is 2.26. The van der Waals surface area contributed by atoms with Gasteiger partial charge in [-0.3, -0.25) is 14.9 Å². The number of amides is 1. The molecule has 0 bridgehead atoms. The van der Waals surface area contributed by atoms with E-state index >= 15 is 0 Å². The number of carbonyl (C=O) groups excluding carboxylic acids is 1. The molecule has 0 saturated heterocycles. The largest absolute Gasteiger partial charge is 0.272 e. The first-order valence-electron chi connectivity index (χ1n) is 5.68. The van der Waals surface area contributed by atoms with E-state index in [-0.39, 0.29) is 17.5 Å². The summed E-state index contributed by atoms with van der Waals surface area (Å²) in [7, 11) is 0. The van der Waals surface area contributed by atoms with E-state index in [0.717, 1.165) is 5.71 Å². The van der Waals surface area contributed by atoms with Gasteiger partial charge < -0.3 is 0 Å². The molecule has 1 aromatic carbocycles. The predicted molar refractivity (Wildman–Crippen MR) is 67.5 cm³/mol. The van der Waals surface area contributed by atoms with E-state index in [1.165, 1.54) is 29.3 Å². The first-order chi connectivity index (χ1) is 8.54. The van der Waals surface area contributed by atoms with Crippen LogP contribution in [0.5, 0.6) is 0 Å². The molecule has 0 N–H and O–H groups in total. The molecular weight excluding hydrogens is 234 g/mol. The van der Waals surface area contributed by atoms with Gasteiger partial charge in [0.05, 0.1) is 16.5 Å². The van der Waals surface area contributed by atoms with Crippen molar-refractivity contribution >= 4 is 23.0 Å². The van der Waals surface area contributed by atoms with Gasteiger partial charge in [0.25, 0.3) is 11.6 Å². The zero-order valence-corrected chi connectivity index (χ0v) is 10.2. The molecule has 1 aromatic rings. The van der Waals surface area contributed by atoms with E-state index in [1.807, 2.05) is 13.8 Å². The Balaban J connectivity index is 2.28. The molecule has 1 unspecified atom stereocenters. The minimum atomic E-state index is -0.473. The van der Waals surface area contributed by atoms with Crippen LogP contribution in [0.3, 0.4) is 0 Å². The Morgan fingerprint density at radius 3 is 2.44 bits per heavy atom. The van der Waals surface area contributed by atoms with Crippen LogP contribution < -0.4 is 5.01 Å². The van der Waals surface area contributed by atoms with E-state index in [9.17, 15) is 14.9 Å². The third-order valence-electron chi connectivity index (χ3n) is 2.98. The lowest BCUT2D eigenvalue weighted by Crippen LogP contribution is -2.26. The molecule has 1 aliphatic heterocycles. The number of nitro groups is 1. The van der Waals surface area contributed by atoms with Gasteiger partial charge in [-0.05, 0) is 25.5 Å². The number of benzene rings is 1. The van der Waals surface area contributed by atoms with Crippen molar-refractivity contribution in [2.24, 2.45) is 11.0 Å². The Bertz CT molecular complexity index is 522. The van der Waals surface area contributed by atoms with Gasteiger partial charge in [-0.1, -0.05) is 6.92 Å². The fourth-order valence-electron chi connectivity index (χ4n) is 1.97. The molecule has 1 heterocycles. The molecule has 2 rings (SSSR count). The number of carbonyl (C=O) groups is 1. The van der Waals surface area contributed by atoms with Crippen molar-refractivity contribution in [1.29, 1.82) is 0 Å². The highest BCUT2D eigenvalue weighted by Gasteiger charge is 2.32. The van der Waals surface area contributed by atoms with E-state index in [1.54, 1.807) is 0 Å². The van der Waals surface area contributed by atoms with Gasteiger partial charge in [-0.2, -0.15) is 5.10 Å². The van der Waals surface area contributed by atoms with Crippen molar-refractivity contribution < 1.29 is 9.72 Å². The number of nitrogens with zero attached hydrogens (tertiary/aromatic N) is 3. The monoisotopic (exact) mass is 247 g/mol. The summed E-state index contributed by atoms with van der Waals surface area (Å²) in [5, 5.41) is 16.1. The molecule has 1 amide bonds. The van der Waals surface area contributed by atoms with Crippen molar-refractivity contribution in [2.45, 2.75) is 20.3 Å². The van der Waals surface area contributed by atoms with Crippen LogP contribution in [0.15, 0.2) is 29.4 Å². The van der Waals surface area contributed by atoms with Crippen LogP contribution in [-0.2, 0) is 4.79 Å². The Hall–Kier alpha value is -2.24. The van der Waals surface area contributed by atoms with Crippen LogP contribution in [0.1, 0.15) is 20.3 Å². The Morgan fingerprint density at radius 2 is 2.00 bits per heavy atom. The molecule has 0 aliphatic carbocycles. The number of hydrazone groups is 1. The van der Waals surface area contributed by atoms with Gasteiger partial charge >= 0.3 is 0 Å². The second-order valence-electron chi connectivity index (χ2n) is 4.13. The molecule has 1 aliphatic rings. The zero-order valence-electron chi connectivity index (χ0n) is 10.2. The summed E-state index contributed by atoms with van der Waals surface area (Å²) in [5.74, 6) is -0.260. The second kappa shape index (κ2) is 4.56. The lowest BCUT2D eigenvalue weighted by molar-refractivity contribution is -0.384.